The Kier molecular flexibility index (Phi) is 7.14. The number of hydrogen-bond donors (Lipinski definition) is 3. The number of nitrogens with one attached hydrogen (secondary N) is 2. The monoisotopic (exact) mass is 412 g/mol. The molecule has 1 aromatic carbocycles. The van der Waals surface area contributed by atoms with E-state index in [-0.39, 0.29) is 42.2 Å². The van der Waals surface area contributed by atoms with Crippen LogP contribution in [0.4, 0.5) is 0 Å². The Morgan fingerprint density at radius 3 is 2.70 bits per heavy atom. The molecular weight excluding hydrogens is 387 g/mol. The molecular formula is C19H26Cl2N4O2. The number of nitrogens with zero attached hydrogens (tertiary/aromatic N) is 1. The molecule has 2 amide bonds. The zero-order valence-electron chi connectivity index (χ0n) is 15.5. The highest BCUT2D eigenvalue weighted by Crippen LogP contribution is 2.27. The van der Waals surface area contributed by atoms with Crippen molar-refractivity contribution in [2.24, 2.45) is 11.7 Å². The fraction of sp³-hybridized carbons (Fsp3) is 0.474. The molecule has 1 heterocycles. The van der Waals surface area contributed by atoms with E-state index in [0.717, 1.165) is 30.2 Å². The van der Waals surface area contributed by atoms with Crippen LogP contribution in [0.15, 0.2) is 24.3 Å². The van der Waals surface area contributed by atoms with Crippen molar-refractivity contribution in [2.45, 2.75) is 37.8 Å². The SMILES string of the molecule is CN(C)C(=O)C[C@H]1CC[C@@H](NC(=O)c2cc3cc(Cl)ccc3[nH]2)[C@@H](N)C1.Cl. The van der Waals surface area contributed by atoms with Gasteiger partial charge in [-0.05, 0) is 49.4 Å². The van der Waals surface area contributed by atoms with Crippen LogP contribution in [0, 0.1) is 5.92 Å². The predicted molar refractivity (Wildman–Crippen MR) is 110 cm³/mol. The average Bonchev–Trinajstić information content (AvgIpc) is 3.00. The summed E-state index contributed by atoms with van der Waals surface area (Å²) < 4.78 is 0. The molecule has 0 radical (unpaired) electrons. The zero-order valence-corrected chi connectivity index (χ0v) is 17.1. The number of halogens is 2. The molecule has 1 aliphatic carbocycles. The van der Waals surface area contributed by atoms with Crippen LogP contribution < -0.4 is 11.1 Å². The molecule has 3 rings (SSSR count). The van der Waals surface area contributed by atoms with Gasteiger partial charge < -0.3 is 20.9 Å². The Bertz CT molecular complexity index is 821. The van der Waals surface area contributed by atoms with Gasteiger partial charge in [0.2, 0.25) is 5.91 Å². The number of carbonyl (C=O) groups excluding carboxylic acids is 2. The van der Waals surface area contributed by atoms with E-state index in [1.807, 2.05) is 12.1 Å². The smallest absolute Gasteiger partial charge is 0.268 e. The third-order valence-corrected chi connectivity index (χ3v) is 5.35. The van der Waals surface area contributed by atoms with E-state index in [1.165, 1.54) is 0 Å². The molecule has 0 saturated heterocycles. The molecule has 27 heavy (non-hydrogen) atoms. The number of hydrogen-bond acceptors (Lipinski definition) is 3. The molecule has 1 aliphatic rings. The molecule has 148 valence electrons. The standard InChI is InChI=1S/C19H25ClN4O2.ClH/c1-24(2)18(25)8-11-3-5-16(14(21)7-11)23-19(26)17-10-12-9-13(20)4-6-15(12)22-17;/h4,6,9-11,14,16,22H,3,5,7-8,21H2,1-2H3,(H,23,26);1H/t11-,14-,16+;/m0./s1. The topological polar surface area (TPSA) is 91.2 Å². The normalized spacial score (nSPS) is 22.1. The first-order valence-electron chi connectivity index (χ1n) is 8.88. The minimum atomic E-state index is -0.166. The minimum Gasteiger partial charge on any atom is -0.351 e. The van der Waals surface area contributed by atoms with E-state index in [9.17, 15) is 9.59 Å². The number of nitrogens with two attached hydrogens (primary N) is 1. The zero-order chi connectivity index (χ0) is 18.8. The summed E-state index contributed by atoms with van der Waals surface area (Å²) in [5.41, 5.74) is 7.64. The van der Waals surface area contributed by atoms with E-state index >= 15 is 0 Å². The quantitative estimate of drug-likeness (QED) is 0.720. The van der Waals surface area contributed by atoms with E-state index in [1.54, 1.807) is 31.1 Å². The van der Waals surface area contributed by atoms with Crippen LogP contribution in [0.5, 0.6) is 0 Å². The van der Waals surface area contributed by atoms with Crippen LogP contribution in [0.3, 0.4) is 0 Å². The molecule has 4 N–H and O–H groups in total. The lowest BCUT2D eigenvalue weighted by Crippen LogP contribution is -2.51. The van der Waals surface area contributed by atoms with E-state index in [0.29, 0.717) is 17.1 Å². The number of carbonyl (C=O) groups is 2. The molecule has 1 fully saturated rings. The lowest BCUT2D eigenvalue weighted by Gasteiger charge is -2.34. The van der Waals surface area contributed by atoms with Gasteiger partial charge in [-0.3, -0.25) is 9.59 Å². The van der Waals surface area contributed by atoms with Crippen molar-refractivity contribution in [3.63, 3.8) is 0 Å². The fourth-order valence-electron chi connectivity index (χ4n) is 3.56. The van der Waals surface area contributed by atoms with Gasteiger partial charge in [0.15, 0.2) is 0 Å². The number of amides is 2. The molecule has 6 nitrogen and oxygen atoms in total. The van der Waals surface area contributed by atoms with Crippen molar-refractivity contribution >= 4 is 46.7 Å². The molecule has 1 aromatic heterocycles. The Labute approximate surface area is 170 Å². The number of aromatic nitrogens is 1. The van der Waals surface area contributed by atoms with Gasteiger partial charge >= 0.3 is 0 Å². The van der Waals surface area contributed by atoms with Crippen molar-refractivity contribution in [3.05, 3.63) is 35.0 Å². The Morgan fingerprint density at radius 1 is 1.30 bits per heavy atom. The Morgan fingerprint density at radius 2 is 2.04 bits per heavy atom. The summed E-state index contributed by atoms with van der Waals surface area (Å²) in [5, 5.41) is 4.57. The van der Waals surface area contributed by atoms with Gasteiger partial charge in [0, 0.05) is 48.5 Å². The maximum absolute atomic E-state index is 12.6. The second kappa shape index (κ2) is 8.95. The highest BCUT2D eigenvalue weighted by atomic mass is 35.5. The third kappa shape index (κ3) is 5.15. The minimum absolute atomic E-state index is 0. The highest BCUT2D eigenvalue weighted by Gasteiger charge is 2.30. The first-order valence-corrected chi connectivity index (χ1v) is 9.26. The summed E-state index contributed by atoms with van der Waals surface area (Å²) in [6, 6.07) is 7.03. The number of fused-ring (bicyclic) bond motifs is 1. The van der Waals surface area contributed by atoms with E-state index in [4.69, 9.17) is 17.3 Å². The van der Waals surface area contributed by atoms with Gasteiger partial charge in [0.1, 0.15) is 5.69 Å². The molecule has 0 spiro atoms. The van der Waals surface area contributed by atoms with Crippen LogP contribution in [0.25, 0.3) is 10.9 Å². The lowest BCUT2D eigenvalue weighted by molar-refractivity contribution is -0.130. The number of rotatable bonds is 4. The fourth-order valence-corrected chi connectivity index (χ4v) is 3.74. The van der Waals surface area contributed by atoms with Crippen molar-refractivity contribution in [1.82, 2.24) is 15.2 Å². The number of H-pyrrole nitrogens is 1. The molecule has 0 aliphatic heterocycles. The summed E-state index contributed by atoms with van der Waals surface area (Å²) in [6.07, 6.45) is 2.93. The summed E-state index contributed by atoms with van der Waals surface area (Å²) in [7, 11) is 3.53. The maximum atomic E-state index is 12.6. The summed E-state index contributed by atoms with van der Waals surface area (Å²) in [4.78, 5) is 29.2. The van der Waals surface area contributed by atoms with Gasteiger partial charge in [0.25, 0.3) is 5.91 Å². The Balaban J connectivity index is 0.00000261. The highest BCUT2D eigenvalue weighted by molar-refractivity contribution is 6.31. The molecule has 1 saturated carbocycles. The predicted octanol–water partition coefficient (Wildman–Crippen LogP) is 2.95. The van der Waals surface area contributed by atoms with E-state index in [2.05, 4.69) is 10.3 Å². The Hall–Kier alpha value is -1.76. The van der Waals surface area contributed by atoms with Gasteiger partial charge in [-0.1, -0.05) is 11.6 Å². The second-order valence-corrected chi connectivity index (χ2v) is 7.77. The average molecular weight is 413 g/mol. The molecule has 2 aromatic rings. The largest absolute Gasteiger partial charge is 0.351 e. The van der Waals surface area contributed by atoms with Crippen molar-refractivity contribution in [2.75, 3.05) is 14.1 Å². The van der Waals surface area contributed by atoms with E-state index < -0.39 is 0 Å². The van der Waals surface area contributed by atoms with Crippen molar-refractivity contribution in [1.29, 1.82) is 0 Å². The molecule has 3 atom stereocenters. The van der Waals surface area contributed by atoms with Gasteiger partial charge in [0.05, 0.1) is 0 Å². The number of benzene rings is 1. The van der Waals surface area contributed by atoms with Gasteiger partial charge in [-0.15, -0.1) is 12.4 Å². The molecule has 8 heteroatoms. The van der Waals surface area contributed by atoms with Crippen molar-refractivity contribution in [3.8, 4) is 0 Å². The maximum Gasteiger partial charge on any atom is 0.268 e. The second-order valence-electron chi connectivity index (χ2n) is 7.33. The van der Waals surface area contributed by atoms with Crippen LogP contribution in [-0.4, -0.2) is 47.9 Å². The summed E-state index contributed by atoms with van der Waals surface area (Å²) >= 11 is 5.99. The van der Waals surface area contributed by atoms with Crippen molar-refractivity contribution < 1.29 is 9.59 Å². The van der Waals surface area contributed by atoms with Crippen LogP contribution in [0.1, 0.15) is 36.2 Å². The first kappa shape index (κ1) is 21.5. The molecule has 0 bridgehead atoms. The van der Waals surface area contributed by atoms with Crippen LogP contribution >= 0.6 is 24.0 Å². The summed E-state index contributed by atoms with van der Waals surface area (Å²) in [5.74, 6) is 0.241. The molecule has 0 unspecified atom stereocenters. The summed E-state index contributed by atoms with van der Waals surface area (Å²) in [6.45, 7) is 0. The van der Waals surface area contributed by atoms with Crippen LogP contribution in [-0.2, 0) is 4.79 Å². The number of aromatic amines is 1. The van der Waals surface area contributed by atoms with Gasteiger partial charge in [-0.25, -0.2) is 0 Å². The lowest BCUT2D eigenvalue weighted by atomic mass is 9.81. The van der Waals surface area contributed by atoms with Gasteiger partial charge in [-0.2, -0.15) is 0 Å². The first-order chi connectivity index (χ1) is 12.3. The third-order valence-electron chi connectivity index (χ3n) is 5.11. The van der Waals surface area contributed by atoms with Crippen LogP contribution in [0.2, 0.25) is 5.02 Å².